The number of hydrogen-bond donors (Lipinski definition) is 1. The van der Waals surface area contributed by atoms with Gasteiger partial charge in [-0.25, -0.2) is 0 Å². The van der Waals surface area contributed by atoms with Crippen LogP contribution >= 0.6 is 0 Å². The highest BCUT2D eigenvalue weighted by atomic mass is 16.3. The normalized spacial score (nSPS) is 10.1. The molecule has 3 nitrogen and oxygen atoms in total. The third kappa shape index (κ3) is 2.51. The van der Waals surface area contributed by atoms with Crippen molar-refractivity contribution in [2.45, 2.75) is 6.92 Å². The van der Waals surface area contributed by atoms with Gasteiger partial charge >= 0.3 is 0 Å². The summed E-state index contributed by atoms with van der Waals surface area (Å²) in [6.07, 6.45) is 0. The minimum absolute atomic E-state index is 0.0955. The molecule has 2 rings (SSSR count). The quantitative estimate of drug-likeness (QED) is 0.878. The Labute approximate surface area is 106 Å². The second-order valence-corrected chi connectivity index (χ2v) is 4.25. The second kappa shape index (κ2) is 4.92. The van der Waals surface area contributed by atoms with Crippen molar-refractivity contribution in [3.8, 4) is 5.75 Å². The summed E-state index contributed by atoms with van der Waals surface area (Å²) in [5.74, 6) is -0.0482. The standard InChI is InChI=1S/C15H15NO2/c1-11-6-8-13(9-7-11)16(2)15(18)12-4-3-5-14(17)10-12/h3-10,17H,1-2H3. The first-order valence-electron chi connectivity index (χ1n) is 5.71. The highest BCUT2D eigenvalue weighted by molar-refractivity contribution is 6.05. The molecular weight excluding hydrogens is 226 g/mol. The Morgan fingerprint density at radius 3 is 2.39 bits per heavy atom. The van der Waals surface area contributed by atoms with Crippen LogP contribution in [0.4, 0.5) is 5.69 Å². The van der Waals surface area contributed by atoms with Crippen molar-refractivity contribution < 1.29 is 9.90 Å². The van der Waals surface area contributed by atoms with Gasteiger partial charge in [0.15, 0.2) is 0 Å². The van der Waals surface area contributed by atoms with Gasteiger partial charge in [0, 0.05) is 18.3 Å². The van der Waals surface area contributed by atoms with Gasteiger partial charge in [-0.3, -0.25) is 4.79 Å². The van der Waals surface area contributed by atoms with Crippen molar-refractivity contribution in [1.82, 2.24) is 0 Å². The number of amides is 1. The number of anilines is 1. The lowest BCUT2D eigenvalue weighted by atomic mass is 10.1. The van der Waals surface area contributed by atoms with E-state index in [2.05, 4.69) is 0 Å². The van der Waals surface area contributed by atoms with Crippen molar-refractivity contribution in [3.63, 3.8) is 0 Å². The number of phenolic OH excluding ortho intramolecular Hbond substituents is 1. The zero-order valence-electron chi connectivity index (χ0n) is 10.4. The highest BCUT2D eigenvalue weighted by Gasteiger charge is 2.13. The van der Waals surface area contributed by atoms with Gasteiger partial charge < -0.3 is 10.0 Å². The molecular formula is C15H15NO2. The Balaban J connectivity index is 2.26. The number of hydrogen-bond acceptors (Lipinski definition) is 2. The largest absolute Gasteiger partial charge is 0.508 e. The van der Waals surface area contributed by atoms with Crippen LogP contribution in [0.1, 0.15) is 15.9 Å². The zero-order valence-corrected chi connectivity index (χ0v) is 10.4. The Bertz CT molecular complexity index is 561. The van der Waals surface area contributed by atoms with Crippen LogP contribution in [0.5, 0.6) is 5.75 Å². The fourth-order valence-corrected chi connectivity index (χ4v) is 1.72. The zero-order chi connectivity index (χ0) is 13.1. The molecule has 0 aliphatic rings. The third-order valence-corrected chi connectivity index (χ3v) is 2.82. The van der Waals surface area contributed by atoms with Crippen LogP contribution in [-0.2, 0) is 0 Å². The van der Waals surface area contributed by atoms with Crippen molar-refractivity contribution in [1.29, 1.82) is 0 Å². The molecule has 0 heterocycles. The number of rotatable bonds is 2. The van der Waals surface area contributed by atoms with Crippen LogP contribution in [0.2, 0.25) is 0 Å². The predicted octanol–water partition coefficient (Wildman–Crippen LogP) is 2.98. The van der Waals surface area contributed by atoms with Crippen LogP contribution in [0.15, 0.2) is 48.5 Å². The molecule has 0 unspecified atom stereocenters. The summed E-state index contributed by atoms with van der Waals surface area (Å²) in [6, 6.07) is 14.1. The molecule has 0 atom stereocenters. The summed E-state index contributed by atoms with van der Waals surface area (Å²) in [7, 11) is 1.72. The van der Waals surface area contributed by atoms with Crippen LogP contribution in [0.25, 0.3) is 0 Å². The lowest BCUT2D eigenvalue weighted by Crippen LogP contribution is -2.26. The van der Waals surface area contributed by atoms with E-state index in [1.807, 2.05) is 31.2 Å². The molecule has 0 saturated heterocycles. The smallest absolute Gasteiger partial charge is 0.258 e. The first-order chi connectivity index (χ1) is 8.58. The molecule has 0 saturated carbocycles. The summed E-state index contributed by atoms with van der Waals surface area (Å²) < 4.78 is 0. The molecule has 0 aliphatic heterocycles. The van der Waals surface area contributed by atoms with Crippen LogP contribution < -0.4 is 4.90 Å². The summed E-state index contributed by atoms with van der Waals surface area (Å²) >= 11 is 0. The van der Waals surface area contributed by atoms with E-state index in [1.165, 1.54) is 6.07 Å². The molecule has 18 heavy (non-hydrogen) atoms. The number of benzene rings is 2. The average molecular weight is 241 g/mol. The lowest BCUT2D eigenvalue weighted by Gasteiger charge is -2.17. The average Bonchev–Trinajstić information content (AvgIpc) is 2.38. The fourth-order valence-electron chi connectivity index (χ4n) is 1.72. The number of aromatic hydroxyl groups is 1. The van der Waals surface area contributed by atoms with Gasteiger partial charge in [0.1, 0.15) is 5.75 Å². The fraction of sp³-hybridized carbons (Fsp3) is 0.133. The highest BCUT2D eigenvalue weighted by Crippen LogP contribution is 2.18. The number of carbonyl (C=O) groups is 1. The molecule has 0 aromatic heterocycles. The van der Waals surface area contributed by atoms with E-state index < -0.39 is 0 Å². The molecule has 1 N–H and O–H groups in total. The van der Waals surface area contributed by atoms with E-state index in [4.69, 9.17) is 0 Å². The van der Waals surface area contributed by atoms with Crippen LogP contribution in [0, 0.1) is 6.92 Å². The molecule has 2 aromatic carbocycles. The molecule has 0 radical (unpaired) electrons. The SMILES string of the molecule is Cc1ccc(N(C)C(=O)c2cccc(O)c2)cc1. The minimum atomic E-state index is -0.144. The monoisotopic (exact) mass is 241 g/mol. The lowest BCUT2D eigenvalue weighted by molar-refractivity contribution is 0.0992. The van der Waals surface area contributed by atoms with Crippen LogP contribution in [0.3, 0.4) is 0 Å². The minimum Gasteiger partial charge on any atom is -0.508 e. The Hall–Kier alpha value is -2.29. The van der Waals surface area contributed by atoms with Crippen LogP contribution in [-0.4, -0.2) is 18.1 Å². The molecule has 2 aromatic rings. The van der Waals surface area contributed by atoms with Crippen molar-refractivity contribution in [3.05, 3.63) is 59.7 Å². The Kier molecular flexibility index (Phi) is 3.33. The summed E-state index contributed by atoms with van der Waals surface area (Å²) in [6.45, 7) is 2.00. The van der Waals surface area contributed by atoms with Gasteiger partial charge in [0.2, 0.25) is 0 Å². The number of nitrogens with zero attached hydrogens (tertiary/aromatic N) is 1. The summed E-state index contributed by atoms with van der Waals surface area (Å²) in [5.41, 5.74) is 2.45. The first-order valence-corrected chi connectivity index (χ1v) is 5.71. The van der Waals surface area contributed by atoms with E-state index in [0.29, 0.717) is 5.56 Å². The second-order valence-electron chi connectivity index (χ2n) is 4.25. The Morgan fingerprint density at radius 1 is 1.11 bits per heavy atom. The molecule has 0 spiro atoms. The Morgan fingerprint density at radius 2 is 1.78 bits per heavy atom. The van der Waals surface area contributed by atoms with E-state index in [9.17, 15) is 9.90 Å². The number of phenols is 1. The summed E-state index contributed by atoms with van der Waals surface area (Å²) in [5, 5.41) is 9.38. The van der Waals surface area contributed by atoms with Crippen molar-refractivity contribution in [2.75, 3.05) is 11.9 Å². The van der Waals surface area contributed by atoms with Crippen molar-refractivity contribution in [2.24, 2.45) is 0 Å². The summed E-state index contributed by atoms with van der Waals surface area (Å²) in [4.78, 5) is 13.8. The number of carbonyl (C=O) groups excluding carboxylic acids is 1. The van der Waals surface area contributed by atoms with E-state index in [-0.39, 0.29) is 11.7 Å². The predicted molar refractivity (Wildman–Crippen MR) is 72.0 cm³/mol. The third-order valence-electron chi connectivity index (χ3n) is 2.82. The molecule has 0 fully saturated rings. The van der Waals surface area contributed by atoms with E-state index in [1.54, 1.807) is 30.1 Å². The maximum Gasteiger partial charge on any atom is 0.258 e. The van der Waals surface area contributed by atoms with E-state index in [0.717, 1.165) is 11.3 Å². The molecule has 92 valence electrons. The topological polar surface area (TPSA) is 40.5 Å². The van der Waals surface area contributed by atoms with Gasteiger partial charge in [-0.1, -0.05) is 23.8 Å². The molecule has 1 amide bonds. The van der Waals surface area contributed by atoms with E-state index >= 15 is 0 Å². The molecule has 0 aliphatic carbocycles. The van der Waals surface area contributed by atoms with Gasteiger partial charge in [-0.2, -0.15) is 0 Å². The maximum atomic E-state index is 12.2. The van der Waals surface area contributed by atoms with Gasteiger partial charge in [-0.05, 0) is 37.3 Å². The van der Waals surface area contributed by atoms with Crippen molar-refractivity contribution >= 4 is 11.6 Å². The van der Waals surface area contributed by atoms with Gasteiger partial charge in [0.25, 0.3) is 5.91 Å². The van der Waals surface area contributed by atoms with Gasteiger partial charge in [-0.15, -0.1) is 0 Å². The molecule has 0 bridgehead atoms. The maximum absolute atomic E-state index is 12.2. The first kappa shape index (κ1) is 12.2. The molecule has 3 heteroatoms. The van der Waals surface area contributed by atoms with Gasteiger partial charge in [0.05, 0.1) is 0 Å². The number of aryl methyl sites for hydroxylation is 1.